The van der Waals surface area contributed by atoms with E-state index in [2.05, 4.69) is 5.32 Å². The highest BCUT2D eigenvalue weighted by Crippen LogP contribution is 2.27. The van der Waals surface area contributed by atoms with Gasteiger partial charge >= 0.3 is 6.09 Å². The van der Waals surface area contributed by atoms with Crippen LogP contribution >= 0.6 is 0 Å². The first-order valence-corrected chi connectivity index (χ1v) is 11.2. The fourth-order valence-electron chi connectivity index (χ4n) is 4.36. The van der Waals surface area contributed by atoms with E-state index in [0.717, 1.165) is 57.2 Å². The van der Waals surface area contributed by atoms with Crippen LogP contribution in [0.2, 0.25) is 0 Å². The summed E-state index contributed by atoms with van der Waals surface area (Å²) >= 11 is 0. The van der Waals surface area contributed by atoms with E-state index in [-0.39, 0.29) is 36.9 Å². The minimum atomic E-state index is -0.533. The van der Waals surface area contributed by atoms with E-state index in [1.54, 1.807) is 7.05 Å². The van der Waals surface area contributed by atoms with Gasteiger partial charge in [0.2, 0.25) is 11.8 Å². The van der Waals surface area contributed by atoms with Crippen molar-refractivity contribution >= 4 is 17.9 Å². The van der Waals surface area contributed by atoms with Gasteiger partial charge < -0.3 is 25.6 Å². The van der Waals surface area contributed by atoms with E-state index in [0.29, 0.717) is 0 Å². The minimum absolute atomic E-state index is 0.0478. The number of likely N-dealkylation sites (tertiary alicyclic amines) is 1. The first-order chi connectivity index (χ1) is 14.9. The molecule has 0 bridgehead atoms. The normalized spacial score (nSPS) is 21.9. The maximum absolute atomic E-state index is 12.5. The molecule has 1 aliphatic heterocycles. The Labute approximate surface area is 184 Å². The smallest absolute Gasteiger partial charge is 0.410 e. The van der Waals surface area contributed by atoms with Crippen LogP contribution in [0.4, 0.5) is 4.79 Å². The van der Waals surface area contributed by atoms with Crippen molar-refractivity contribution in [1.82, 2.24) is 15.1 Å². The Bertz CT molecular complexity index is 743. The molecule has 0 unspecified atom stereocenters. The molecular formula is C23H34N4O4. The lowest BCUT2D eigenvalue weighted by Gasteiger charge is -2.33. The molecule has 3 amide bonds. The second-order valence-electron chi connectivity index (χ2n) is 8.63. The number of carbonyl (C=O) groups excluding carboxylic acids is 3. The van der Waals surface area contributed by atoms with Gasteiger partial charge in [0.05, 0.1) is 6.04 Å². The van der Waals surface area contributed by atoms with E-state index >= 15 is 0 Å². The average Bonchev–Trinajstić information content (AvgIpc) is 3.32. The van der Waals surface area contributed by atoms with Crippen LogP contribution in [0.15, 0.2) is 30.3 Å². The molecule has 0 spiro atoms. The fraction of sp³-hybridized carbons (Fsp3) is 0.609. The molecule has 1 aromatic rings. The molecule has 31 heavy (non-hydrogen) atoms. The van der Waals surface area contributed by atoms with Crippen molar-refractivity contribution in [1.29, 1.82) is 0 Å². The quantitative estimate of drug-likeness (QED) is 0.687. The summed E-state index contributed by atoms with van der Waals surface area (Å²) in [5, 5.41) is 3.00. The summed E-state index contributed by atoms with van der Waals surface area (Å²) < 4.78 is 5.24. The van der Waals surface area contributed by atoms with Gasteiger partial charge in [-0.1, -0.05) is 30.3 Å². The number of carbonyl (C=O) groups is 3. The molecule has 2 aliphatic rings. The van der Waals surface area contributed by atoms with Crippen molar-refractivity contribution < 1.29 is 19.1 Å². The number of ether oxygens (including phenoxy) is 1. The van der Waals surface area contributed by atoms with Crippen LogP contribution in [0, 0.1) is 5.92 Å². The number of hydrogen-bond donors (Lipinski definition) is 2. The summed E-state index contributed by atoms with van der Waals surface area (Å²) in [6.07, 6.45) is 4.81. The molecule has 1 aromatic carbocycles. The Kier molecular flexibility index (Phi) is 8.28. The lowest BCUT2D eigenvalue weighted by molar-refractivity contribution is -0.133. The molecule has 8 nitrogen and oxygen atoms in total. The molecule has 1 saturated carbocycles. The van der Waals surface area contributed by atoms with Crippen molar-refractivity contribution in [2.24, 2.45) is 11.7 Å². The Hall–Kier alpha value is -2.61. The zero-order valence-corrected chi connectivity index (χ0v) is 18.3. The topological polar surface area (TPSA) is 105 Å². The van der Waals surface area contributed by atoms with Crippen LogP contribution in [-0.4, -0.2) is 66.5 Å². The van der Waals surface area contributed by atoms with Gasteiger partial charge in [0.15, 0.2) is 0 Å². The average molecular weight is 431 g/mol. The molecule has 3 rings (SSSR count). The Morgan fingerprint density at radius 3 is 2.42 bits per heavy atom. The van der Waals surface area contributed by atoms with Gasteiger partial charge in [-0.05, 0) is 50.0 Å². The molecule has 2 fully saturated rings. The summed E-state index contributed by atoms with van der Waals surface area (Å²) in [5.74, 6) is 0.0255. The summed E-state index contributed by atoms with van der Waals surface area (Å²) in [6, 6.07) is 9.01. The van der Waals surface area contributed by atoms with Crippen LogP contribution < -0.4 is 11.1 Å². The maximum atomic E-state index is 12.5. The number of hydrogen-bond acceptors (Lipinski definition) is 5. The van der Waals surface area contributed by atoms with E-state index in [1.807, 2.05) is 35.2 Å². The third-order valence-corrected chi connectivity index (χ3v) is 6.25. The summed E-state index contributed by atoms with van der Waals surface area (Å²) in [6.45, 7) is 1.75. The molecule has 170 valence electrons. The standard InChI is InChI=1S/C23H34N4O4/c1-26(23(30)31-16-17-7-3-2-4-8-17)15-20(28)25-19-11-9-18(10-12-19)21(24)22(29)27-13-5-6-14-27/h2-4,7-8,18-19,21H,5-6,9-16,24H2,1H3,(H,25,28)/t18-,19-,21-/m0/s1. The lowest BCUT2D eigenvalue weighted by Crippen LogP contribution is -2.49. The van der Waals surface area contributed by atoms with Crippen LogP contribution in [0.5, 0.6) is 0 Å². The van der Waals surface area contributed by atoms with E-state index < -0.39 is 12.1 Å². The van der Waals surface area contributed by atoms with Gasteiger partial charge in [-0.25, -0.2) is 4.79 Å². The molecule has 8 heteroatoms. The number of benzene rings is 1. The highest BCUT2D eigenvalue weighted by atomic mass is 16.6. The van der Waals surface area contributed by atoms with Crippen molar-refractivity contribution in [3.05, 3.63) is 35.9 Å². The molecule has 1 aliphatic carbocycles. The van der Waals surface area contributed by atoms with Gasteiger partial charge in [-0.2, -0.15) is 0 Å². The zero-order valence-electron chi connectivity index (χ0n) is 18.3. The van der Waals surface area contributed by atoms with Gasteiger partial charge in [-0.3, -0.25) is 9.59 Å². The number of nitrogens with two attached hydrogens (primary N) is 1. The molecule has 1 heterocycles. The monoisotopic (exact) mass is 430 g/mol. The first kappa shape index (κ1) is 23.1. The molecule has 0 aromatic heterocycles. The Morgan fingerprint density at radius 2 is 1.77 bits per heavy atom. The van der Waals surface area contributed by atoms with Crippen LogP contribution in [0.1, 0.15) is 44.1 Å². The van der Waals surface area contributed by atoms with Gasteiger partial charge in [0.1, 0.15) is 13.2 Å². The number of nitrogens with zero attached hydrogens (tertiary/aromatic N) is 2. The lowest BCUT2D eigenvalue weighted by atomic mass is 9.81. The molecular weight excluding hydrogens is 396 g/mol. The SMILES string of the molecule is CN(CC(=O)N[C@H]1CC[C@H]([C@H](N)C(=O)N2CCCC2)CC1)C(=O)OCc1ccccc1. The number of rotatable bonds is 7. The number of likely N-dealkylation sites (N-methyl/N-ethyl adjacent to an activating group) is 1. The molecule has 0 radical (unpaired) electrons. The van der Waals surface area contributed by atoms with Gasteiger partial charge in [-0.15, -0.1) is 0 Å². The number of nitrogens with one attached hydrogen (secondary N) is 1. The minimum Gasteiger partial charge on any atom is -0.445 e. The maximum Gasteiger partial charge on any atom is 0.410 e. The largest absolute Gasteiger partial charge is 0.445 e. The fourth-order valence-corrected chi connectivity index (χ4v) is 4.36. The van der Waals surface area contributed by atoms with E-state index in [1.165, 1.54) is 4.90 Å². The molecule has 1 atom stereocenters. The highest BCUT2D eigenvalue weighted by Gasteiger charge is 2.33. The Morgan fingerprint density at radius 1 is 1.13 bits per heavy atom. The number of amides is 3. The predicted octanol–water partition coefficient (Wildman–Crippen LogP) is 1.88. The molecule has 3 N–H and O–H groups in total. The predicted molar refractivity (Wildman–Crippen MR) is 117 cm³/mol. The third kappa shape index (κ3) is 6.69. The van der Waals surface area contributed by atoms with Crippen molar-refractivity contribution in [2.45, 2.75) is 57.2 Å². The van der Waals surface area contributed by atoms with E-state index in [4.69, 9.17) is 10.5 Å². The van der Waals surface area contributed by atoms with E-state index in [9.17, 15) is 14.4 Å². The van der Waals surface area contributed by atoms with Gasteiger partial charge in [0, 0.05) is 26.2 Å². The van der Waals surface area contributed by atoms with Crippen LogP contribution in [0.3, 0.4) is 0 Å². The van der Waals surface area contributed by atoms with Crippen molar-refractivity contribution in [2.75, 3.05) is 26.7 Å². The summed E-state index contributed by atoms with van der Waals surface area (Å²) in [4.78, 5) is 40.1. The van der Waals surface area contributed by atoms with Gasteiger partial charge in [0.25, 0.3) is 0 Å². The van der Waals surface area contributed by atoms with Crippen LogP contribution in [0.25, 0.3) is 0 Å². The first-order valence-electron chi connectivity index (χ1n) is 11.2. The second kappa shape index (κ2) is 11.1. The molecule has 1 saturated heterocycles. The summed E-state index contributed by atoms with van der Waals surface area (Å²) in [7, 11) is 1.55. The van der Waals surface area contributed by atoms with Crippen molar-refractivity contribution in [3.8, 4) is 0 Å². The highest BCUT2D eigenvalue weighted by molar-refractivity contribution is 5.83. The third-order valence-electron chi connectivity index (χ3n) is 6.25. The van der Waals surface area contributed by atoms with Crippen LogP contribution in [-0.2, 0) is 20.9 Å². The summed E-state index contributed by atoms with van der Waals surface area (Å²) in [5.41, 5.74) is 7.15. The second-order valence-corrected chi connectivity index (χ2v) is 8.63. The van der Waals surface area contributed by atoms with Crippen molar-refractivity contribution in [3.63, 3.8) is 0 Å². The zero-order chi connectivity index (χ0) is 22.2. The Balaban J connectivity index is 1.35.